The SMILES string of the molecule is Cc1c(S(=O)(=O)N(C)C(C)C2CC2)c(N)nn1C. The molecule has 1 fully saturated rings. The summed E-state index contributed by atoms with van der Waals surface area (Å²) in [6, 6.07) is 0.00834. The van der Waals surface area contributed by atoms with Gasteiger partial charge in [0.2, 0.25) is 10.0 Å². The topological polar surface area (TPSA) is 81.2 Å². The number of anilines is 1. The quantitative estimate of drug-likeness (QED) is 0.876. The molecule has 0 saturated heterocycles. The Balaban J connectivity index is 2.41. The van der Waals surface area contributed by atoms with E-state index in [1.165, 1.54) is 8.99 Å². The Bertz CT molecular complexity index is 560. The lowest BCUT2D eigenvalue weighted by molar-refractivity contribution is 0.357. The van der Waals surface area contributed by atoms with Crippen LogP contribution in [0.3, 0.4) is 0 Å². The molecule has 1 saturated carbocycles. The molecular formula is C11H20N4O2S. The highest BCUT2D eigenvalue weighted by Gasteiger charge is 2.38. The van der Waals surface area contributed by atoms with Crippen LogP contribution in [0.4, 0.5) is 5.82 Å². The van der Waals surface area contributed by atoms with Crippen LogP contribution >= 0.6 is 0 Å². The standard InChI is InChI=1S/C11H20N4O2S/c1-7(9-5-6-9)15(4)18(16,17)10-8(2)14(3)13-11(10)12/h7,9H,5-6H2,1-4H3,(H2,12,13). The van der Waals surface area contributed by atoms with Crippen molar-refractivity contribution in [2.45, 2.75) is 37.6 Å². The van der Waals surface area contributed by atoms with Crippen LogP contribution in [0.25, 0.3) is 0 Å². The molecule has 6 nitrogen and oxygen atoms in total. The molecule has 1 atom stereocenters. The van der Waals surface area contributed by atoms with Crippen LogP contribution in [0.5, 0.6) is 0 Å². The summed E-state index contributed by atoms with van der Waals surface area (Å²) in [5.74, 6) is 0.549. The maximum Gasteiger partial charge on any atom is 0.248 e. The molecule has 0 aliphatic heterocycles. The summed E-state index contributed by atoms with van der Waals surface area (Å²) < 4.78 is 28.0. The molecule has 0 amide bonds. The van der Waals surface area contributed by atoms with Crippen molar-refractivity contribution in [3.63, 3.8) is 0 Å². The van der Waals surface area contributed by atoms with Gasteiger partial charge in [0.25, 0.3) is 0 Å². The van der Waals surface area contributed by atoms with Crippen LogP contribution in [0.1, 0.15) is 25.5 Å². The van der Waals surface area contributed by atoms with Gasteiger partial charge in [-0.05, 0) is 32.6 Å². The first-order chi connectivity index (χ1) is 8.26. The third-order valence-corrected chi connectivity index (χ3v) is 5.93. The largest absolute Gasteiger partial charge is 0.381 e. The van der Waals surface area contributed by atoms with Crippen molar-refractivity contribution in [1.29, 1.82) is 0 Å². The van der Waals surface area contributed by atoms with Gasteiger partial charge < -0.3 is 5.73 Å². The first-order valence-electron chi connectivity index (χ1n) is 6.04. The van der Waals surface area contributed by atoms with Gasteiger partial charge in [0.1, 0.15) is 4.90 Å². The van der Waals surface area contributed by atoms with Gasteiger partial charge in [-0.1, -0.05) is 0 Å². The second-order valence-corrected chi connectivity index (χ2v) is 6.96. The Labute approximate surface area is 108 Å². The number of rotatable bonds is 4. The zero-order chi connectivity index (χ0) is 13.7. The molecule has 1 heterocycles. The molecule has 1 aromatic heterocycles. The van der Waals surface area contributed by atoms with E-state index in [4.69, 9.17) is 5.73 Å². The van der Waals surface area contributed by atoms with Gasteiger partial charge in [0.05, 0.1) is 5.69 Å². The van der Waals surface area contributed by atoms with Gasteiger partial charge in [-0.2, -0.15) is 9.40 Å². The number of nitrogens with two attached hydrogens (primary N) is 1. The molecule has 0 spiro atoms. The minimum Gasteiger partial charge on any atom is -0.381 e. The smallest absolute Gasteiger partial charge is 0.248 e. The fourth-order valence-electron chi connectivity index (χ4n) is 2.17. The van der Waals surface area contributed by atoms with E-state index in [1.54, 1.807) is 21.0 Å². The molecule has 7 heteroatoms. The molecule has 0 aromatic carbocycles. The van der Waals surface area contributed by atoms with Crippen molar-refractivity contribution in [3.8, 4) is 0 Å². The highest BCUT2D eigenvalue weighted by molar-refractivity contribution is 7.89. The fraction of sp³-hybridized carbons (Fsp3) is 0.727. The Morgan fingerprint density at radius 2 is 2.06 bits per heavy atom. The third kappa shape index (κ3) is 2.01. The van der Waals surface area contributed by atoms with Crippen molar-refractivity contribution in [2.75, 3.05) is 12.8 Å². The number of aryl methyl sites for hydroxylation is 1. The van der Waals surface area contributed by atoms with E-state index >= 15 is 0 Å². The van der Waals surface area contributed by atoms with Crippen molar-refractivity contribution < 1.29 is 8.42 Å². The highest BCUT2D eigenvalue weighted by Crippen LogP contribution is 2.37. The average Bonchev–Trinajstić information content (AvgIpc) is 3.06. The van der Waals surface area contributed by atoms with E-state index < -0.39 is 10.0 Å². The van der Waals surface area contributed by atoms with Gasteiger partial charge in [-0.15, -0.1) is 0 Å². The normalized spacial score (nSPS) is 18.3. The maximum atomic E-state index is 12.6. The molecule has 18 heavy (non-hydrogen) atoms. The molecule has 1 aromatic rings. The maximum absolute atomic E-state index is 12.6. The second-order valence-electron chi connectivity index (χ2n) is 5.02. The summed E-state index contributed by atoms with van der Waals surface area (Å²) in [5.41, 5.74) is 6.29. The molecule has 2 N–H and O–H groups in total. The molecular weight excluding hydrogens is 252 g/mol. The van der Waals surface area contributed by atoms with Crippen LogP contribution in [-0.2, 0) is 17.1 Å². The van der Waals surface area contributed by atoms with Gasteiger partial charge in [0.15, 0.2) is 5.82 Å². The number of hydrogen-bond donors (Lipinski definition) is 1. The van der Waals surface area contributed by atoms with Crippen molar-refractivity contribution >= 4 is 15.8 Å². The lowest BCUT2D eigenvalue weighted by atomic mass is 10.2. The lowest BCUT2D eigenvalue weighted by Crippen LogP contribution is -2.36. The molecule has 102 valence electrons. The Morgan fingerprint density at radius 3 is 2.44 bits per heavy atom. The molecule has 2 rings (SSSR count). The number of nitrogen functional groups attached to an aromatic ring is 1. The monoisotopic (exact) mass is 272 g/mol. The van der Waals surface area contributed by atoms with Crippen LogP contribution in [0.2, 0.25) is 0 Å². The Kier molecular flexibility index (Phi) is 3.14. The zero-order valence-corrected chi connectivity index (χ0v) is 12.0. The molecule has 0 bridgehead atoms. The first kappa shape index (κ1) is 13.4. The fourth-order valence-corrected chi connectivity index (χ4v) is 3.88. The summed E-state index contributed by atoms with van der Waals surface area (Å²) in [7, 11) is -0.254. The zero-order valence-electron chi connectivity index (χ0n) is 11.2. The summed E-state index contributed by atoms with van der Waals surface area (Å²) in [5, 5.41) is 3.97. The predicted molar refractivity (Wildman–Crippen MR) is 69.5 cm³/mol. The highest BCUT2D eigenvalue weighted by atomic mass is 32.2. The van der Waals surface area contributed by atoms with Gasteiger partial charge in [0, 0.05) is 20.1 Å². The van der Waals surface area contributed by atoms with Crippen molar-refractivity contribution in [1.82, 2.24) is 14.1 Å². The van der Waals surface area contributed by atoms with E-state index in [-0.39, 0.29) is 16.8 Å². The van der Waals surface area contributed by atoms with Crippen molar-refractivity contribution in [3.05, 3.63) is 5.69 Å². The van der Waals surface area contributed by atoms with E-state index in [1.807, 2.05) is 6.92 Å². The third-order valence-electron chi connectivity index (χ3n) is 3.82. The summed E-state index contributed by atoms with van der Waals surface area (Å²) in [4.78, 5) is 0.139. The van der Waals surface area contributed by atoms with Crippen LogP contribution in [0, 0.1) is 12.8 Å². The lowest BCUT2D eigenvalue weighted by Gasteiger charge is -2.24. The average molecular weight is 272 g/mol. The van der Waals surface area contributed by atoms with Crippen LogP contribution < -0.4 is 5.73 Å². The van der Waals surface area contributed by atoms with E-state index in [0.29, 0.717) is 11.6 Å². The summed E-state index contributed by atoms with van der Waals surface area (Å²) >= 11 is 0. The molecule has 1 aliphatic carbocycles. The Hall–Kier alpha value is -1.08. The van der Waals surface area contributed by atoms with Gasteiger partial charge in [-0.25, -0.2) is 8.42 Å². The number of hydrogen-bond acceptors (Lipinski definition) is 4. The van der Waals surface area contributed by atoms with Crippen LogP contribution in [-0.4, -0.2) is 35.6 Å². The van der Waals surface area contributed by atoms with E-state index in [0.717, 1.165) is 12.8 Å². The Morgan fingerprint density at radius 1 is 1.50 bits per heavy atom. The van der Waals surface area contributed by atoms with Crippen molar-refractivity contribution in [2.24, 2.45) is 13.0 Å². The van der Waals surface area contributed by atoms with E-state index in [2.05, 4.69) is 5.10 Å². The molecule has 1 aliphatic rings. The van der Waals surface area contributed by atoms with Gasteiger partial charge in [-0.3, -0.25) is 4.68 Å². The summed E-state index contributed by atoms with van der Waals surface area (Å²) in [6.45, 7) is 3.66. The minimum atomic E-state index is -3.56. The second kappa shape index (κ2) is 4.24. The minimum absolute atomic E-state index is 0.00834. The molecule has 1 unspecified atom stereocenters. The predicted octanol–water partition coefficient (Wildman–Crippen LogP) is 0.730. The number of sulfonamides is 1. The number of aromatic nitrogens is 2. The van der Waals surface area contributed by atoms with Crippen LogP contribution in [0.15, 0.2) is 4.90 Å². The number of nitrogens with zero attached hydrogens (tertiary/aromatic N) is 3. The summed E-state index contributed by atoms with van der Waals surface area (Å²) in [6.07, 6.45) is 2.20. The first-order valence-corrected chi connectivity index (χ1v) is 7.48. The van der Waals surface area contributed by atoms with E-state index in [9.17, 15) is 8.42 Å². The van der Waals surface area contributed by atoms with Gasteiger partial charge >= 0.3 is 0 Å². The molecule has 0 radical (unpaired) electrons.